The minimum atomic E-state index is -0.970. The number of carbonyl (C=O) groups excluding carboxylic acids is 1. The molecule has 2 heterocycles. The van der Waals surface area contributed by atoms with Crippen LogP contribution in [0.4, 0.5) is 4.79 Å². The molecule has 2 atom stereocenters. The monoisotopic (exact) mass is 268 g/mol. The van der Waals surface area contributed by atoms with Crippen molar-refractivity contribution in [1.29, 1.82) is 0 Å². The number of nitrogens with zero attached hydrogens (tertiary/aromatic N) is 3. The zero-order chi connectivity index (χ0) is 13.8. The molecular weight excluding hydrogens is 252 g/mol. The summed E-state index contributed by atoms with van der Waals surface area (Å²) in [7, 11) is 0. The molecule has 1 saturated heterocycles. The zero-order valence-electron chi connectivity index (χ0n) is 10.6. The van der Waals surface area contributed by atoms with Gasteiger partial charge >= 0.3 is 12.0 Å². The van der Waals surface area contributed by atoms with E-state index in [4.69, 9.17) is 0 Å². The van der Waals surface area contributed by atoms with Gasteiger partial charge < -0.3 is 19.8 Å². The van der Waals surface area contributed by atoms with Crippen LogP contribution in [0.15, 0.2) is 10.9 Å². The molecular formula is C11H16N4O4. The predicted octanol–water partition coefficient (Wildman–Crippen LogP) is 0.464. The molecule has 2 amide bonds. The van der Waals surface area contributed by atoms with Gasteiger partial charge in [-0.05, 0) is 18.8 Å². The van der Waals surface area contributed by atoms with Crippen molar-refractivity contribution in [3.05, 3.63) is 12.2 Å². The van der Waals surface area contributed by atoms with Gasteiger partial charge in [-0.3, -0.25) is 0 Å². The Morgan fingerprint density at radius 2 is 2.42 bits per heavy atom. The molecule has 1 aliphatic heterocycles. The van der Waals surface area contributed by atoms with E-state index in [1.54, 1.807) is 0 Å². The molecule has 0 bridgehead atoms. The number of hydrogen-bond acceptors (Lipinski definition) is 5. The molecule has 1 aromatic heterocycles. The van der Waals surface area contributed by atoms with E-state index in [1.165, 1.54) is 11.3 Å². The maximum absolute atomic E-state index is 12.0. The average molecular weight is 268 g/mol. The summed E-state index contributed by atoms with van der Waals surface area (Å²) < 4.78 is 4.55. The van der Waals surface area contributed by atoms with Crippen LogP contribution in [0.25, 0.3) is 0 Å². The summed E-state index contributed by atoms with van der Waals surface area (Å²) in [6.45, 7) is 2.41. The fourth-order valence-electron chi connectivity index (χ4n) is 2.32. The van der Waals surface area contributed by atoms with Crippen molar-refractivity contribution in [2.24, 2.45) is 5.92 Å². The van der Waals surface area contributed by atoms with Gasteiger partial charge in [-0.2, -0.15) is 4.98 Å². The number of carboxylic acid groups (broad SMARTS) is 1. The molecule has 1 fully saturated rings. The van der Waals surface area contributed by atoms with Gasteiger partial charge in [0.1, 0.15) is 6.04 Å². The number of hydrogen-bond donors (Lipinski definition) is 2. The van der Waals surface area contributed by atoms with Crippen LogP contribution in [0, 0.1) is 5.92 Å². The van der Waals surface area contributed by atoms with E-state index in [0.717, 1.165) is 12.8 Å². The Balaban J connectivity index is 1.97. The summed E-state index contributed by atoms with van der Waals surface area (Å²) in [4.78, 5) is 28.4. The number of amides is 2. The molecule has 0 spiro atoms. The lowest BCUT2D eigenvalue weighted by molar-refractivity contribution is -0.145. The second kappa shape index (κ2) is 5.68. The molecule has 2 N–H and O–H groups in total. The van der Waals surface area contributed by atoms with Crippen LogP contribution in [-0.4, -0.2) is 44.7 Å². The highest BCUT2D eigenvalue weighted by molar-refractivity contribution is 5.83. The van der Waals surface area contributed by atoms with E-state index in [1.807, 2.05) is 6.92 Å². The summed E-state index contributed by atoms with van der Waals surface area (Å²) in [5.74, 6) is -0.672. The van der Waals surface area contributed by atoms with E-state index in [-0.39, 0.29) is 12.5 Å². The molecule has 1 aromatic rings. The van der Waals surface area contributed by atoms with Crippen LogP contribution < -0.4 is 5.32 Å². The highest BCUT2D eigenvalue weighted by Gasteiger charge is 2.36. The minimum Gasteiger partial charge on any atom is -0.480 e. The highest BCUT2D eigenvalue weighted by Crippen LogP contribution is 2.23. The highest BCUT2D eigenvalue weighted by atomic mass is 16.5. The Morgan fingerprint density at radius 1 is 1.63 bits per heavy atom. The maximum atomic E-state index is 12.0. The second-order valence-corrected chi connectivity index (χ2v) is 4.60. The Bertz CT molecular complexity index is 448. The first kappa shape index (κ1) is 13.3. The standard InChI is InChI=1S/C11H16N4O4/c1-7-3-2-4-15(9(7)10(16)17)11(18)12-5-8-13-6-19-14-8/h6-7,9H,2-5H2,1H3,(H,12,18)(H,16,17). The summed E-state index contributed by atoms with van der Waals surface area (Å²) >= 11 is 0. The smallest absolute Gasteiger partial charge is 0.326 e. The normalized spacial score (nSPS) is 23.1. The molecule has 8 nitrogen and oxygen atoms in total. The van der Waals surface area contributed by atoms with Gasteiger partial charge in [0.05, 0.1) is 6.54 Å². The average Bonchev–Trinajstić information content (AvgIpc) is 2.88. The fraction of sp³-hybridized carbons (Fsp3) is 0.636. The Morgan fingerprint density at radius 3 is 3.05 bits per heavy atom. The van der Waals surface area contributed by atoms with Crippen molar-refractivity contribution in [2.45, 2.75) is 32.4 Å². The lowest BCUT2D eigenvalue weighted by Crippen LogP contribution is -2.54. The van der Waals surface area contributed by atoms with Gasteiger partial charge in [0.15, 0.2) is 5.82 Å². The summed E-state index contributed by atoms with van der Waals surface area (Å²) in [5, 5.41) is 15.4. The number of piperidine rings is 1. The number of aromatic nitrogens is 2. The lowest BCUT2D eigenvalue weighted by Gasteiger charge is -2.37. The maximum Gasteiger partial charge on any atom is 0.326 e. The van der Waals surface area contributed by atoms with Gasteiger partial charge in [0.25, 0.3) is 0 Å². The second-order valence-electron chi connectivity index (χ2n) is 4.60. The molecule has 8 heteroatoms. The van der Waals surface area contributed by atoms with Crippen LogP contribution in [-0.2, 0) is 11.3 Å². The molecule has 0 saturated carbocycles. The van der Waals surface area contributed by atoms with Crippen molar-refractivity contribution < 1.29 is 19.2 Å². The van der Waals surface area contributed by atoms with Crippen molar-refractivity contribution in [2.75, 3.05) is 6.54 Å². The molecule has 104 valence electrons. The number of urea groups is 1. The minimum absolute atomic E-state index is 0.0535. The van der Waals surface area contributed by atoms with Crippen LogP contribution in [0.1, 0.15) is 25.6 Å². The van der Waals surface area contributed by atoms with Crippen LogP contribution >= 0.6 is 0 Å². The molecule has 0 aromatic carbocycles. The van der Waals surface area contributed by atoms with E-state index < -0.39 is 18.0 Å². The summed E-state index contributed by atoms with van der Waals surface area (Å²) in [6, 6.07) is -1.19. The third kappa shape index (κ3) is 3.01. The first-order chi connectivity index (χ1) is 9.09. The van der Waals surface area contributed by atoms with Crippen molar-refractivity contribution in [1.82, 2.24) is 20.4 Å². The van der Waals surface area contributed by atoms with E-state index >= 15 is 0 Å². The Hall–Kier alpha value is -2.12. The van der Waals surface area contributed by atoms with Crippen LogP contribution in [0.2, 0.25) is 0 Å². The topological polar surface area (TPSA) is 109 Å². The van der Waals surface area contributed by atoms with Gasteiger partial charge in [-0.25, -0.2) is 9.59 Å². The molecule has 1 aliphatic rings. The first-order valence-corrected chi connectivity index (χ1v) is 6.12. The SMILES string of the molecule is CC1CCCN(C(=O)NCc2ncon2)C1C(=O)O. The van der Waals surface area contributed by atoms with Crippen LogP contribution in [0.5, 0.6) is 0 Å². The summed E-state index contributed by atoms with van der Waals surface area (Å²) in [5.41, 5.74) is 0. The third-order valence-electron chi connectivity index (χ3n) is 3.25. The van der Waals surface area contributed by atoms with Gasteiger partial charge in [0.2, 0.25) is 6.39 Å². The molecule has 2 unspecified atom stereocenters. The predicted molar refractivity (Wildman–Crippen MR) is 63.1 cm³/mol. The Kier molecular flexibility index (Phi) is 3.98. The van der Waals surface area contributed by atoms with E-state index in [9.17, 15) is 14.7 Å². The number of carboxylic acids is 1. The van der Waals surface area contributed by atoms with Gasteiger partial charge in [0, 0.05) is 6.54 Å². The fourth-order valence-corrected chi connectivity index (χ4v) is 2.32. The quantitative estimate of drug-likeness (QED) is 0.824. The number of nitrogens with one attached hydrogen (secondary N) is 1. The van der Waals surface area contributed by atoms with Crippen LogP contribution in [0.3, 0.4) is 0 Å². The number of aliphatic carboxylic acids is 1. The molecule has 0 radical (unpaired) electrons. The number of likely N-dealkylation sites (tertiary alicyclic amines) is 1. The Labute approximate surface area is 109 Å². The summed E-state index contributed by atoms with van der Waals surface area (Å²) in [6.07, 6.45) is 2.79. The van der Waals surface area contributed by atoms with Crippen molar-refractivity contribution in [3.63, 3.8) is 0 Å². The van der Waals surface area contributed by atoms with Gasteiger partial charge in [-0.15, -0.1) is 0 Å². The third-order valence-corrected chi connectivity index (χ3v) is 3.25. The molecule has 2 rings (SSSR count). The van der Waals surface area contributed by atoms with Crippen molar-refractivity contribution in [3.8, 4) is 0 Å². The van der Waals surface area contributed by atoms with Gasteiger partial charge in [-0.1, -0.05) is 12.1 Å². The largest absolute Gasteiger partial charge is 0.480 e. The van der Waals surface area contributed by atoms with E-state index in [2.05, 4.69) is 20.0 Å². The first-order valence-electron chi connectivity index (χ1n) is 6.12. The zero-order valence-corrected chi connectivity index (χ0v) is 10.6. The number of carbonyl (C=O) groups is 2. The lowest BCUT2D eigenvalue weighted by atomic mass is 9.91. The molecule has 19 heavy (non-hydrogen) atoms. The van der Waals surface area contributed by atoms with Crippen molar-refractivity contribution >= 4 is 12.0 Å². The molecule has 0 aliphatic carbocycles. The number of rotatable bonds is 3. The van der Waals surface area contributed by atoms with E-state index in [0.29, 0.717) is 12.4 Å².